The summed E-state index contributed by atoms with van der Waals surface area (Å²) < 4.78 is 14.2. The molecule has 0 unspecified atom stereocenters. The maximum atomic E-state index is 14.2. The second kappa shape index (κ2) is 5.45. The molecule has 0 atom stereocenters. The number of rotatable bonds is 1. The van der Waals surface area contributed by atoms with Gasteiger partial charge >= 0.3 is 0 Å². The number of allylic oxidation sites excluding steroid dienone is 3. The van der Waals surface area contributed by atoms with Crippen LogP contribution in [-0.4, -0.2) is 24.2 Å². The summed E-state index contributed by atoms with van der Waals surface area (Å²) in [5, 5.41) is 4.63. The molecule has 4 aliphatic rings. The van der Waals surface area contributed by atoms with E-state index in [4.69, 9.17) is 0 Å². The van der Waals surface area contributed by atoms with Gasteiger partial charge in [-0.1, -0.05) is 12.2 Å². The molecule has 2 aliphatic heterocycles. The molecule has 2 aliphatic carbocycles. The van der Waals surface area contributed by atoms with Gasteiger partial charge in [-0.25, -0.2) is 4.39 Å². The largest absolute Gasteiger partial charge is 0.375 e. The highest BCUT2D eigenvalue weighted by molar-refractivity contribution is 6.20. The van der Waals surface area contributed by atoms with E-state index in [0.717, 1.165) is 53.1 Å². The third kappa shape index (κ3) is 2.28. The summed E-state index contributed by atoms with van der Waals surface area (Å²) in [6, 6.07) is 3.23. The van der Waals surface area contributed by atoms with Crippen molar-refractivity contribution >= 4 is 17.4 Å². The van der Waals surface area contributed by atoms with E-state index >= 15 is 0 Å². The van der Waals surface area contributed by atoms with Gasteiger partial charge in [0, 0.05) is 30.9 Å². The van der Waals surface area contributed by atoms with Crippen molar-refractivity contribution in [2.75, 3.05) is 13.6 Å². The van der Waals surface area contributed by atoms with Gasteiger partial charge < -0.3 is 4.90 Å². The minimum atomic E-state index is -0.201. The van der Waals surface area contributed by atoms with Crippen LogP contribution in [0.4, 0.5) is 4.39 Å². The molecule has 25 heavy (non-hydrogen) atoms. The fourth-order valence-corrected chi connectivity index (χ4v) is 4.25. The first-order valence-corrected chi connectivity index (χ1v) is 8.92. The summed E-state index contributed by atoms with van der Waals surface area (Å²) in [6.45, 7) is 0.857. The molecule has 3 nitrogen and oxygen atoms in total. The molecule has 0 saturated carbocycles. The quantitative estimate of drug-likeness (QED) is 0.834. The van der Waals surface area contributed by atoms with Gasteiger partial charge in [-0.2, -0.15) is 5.10 Å². The van der Waals surface area contributed by atoms with Crippen LogP contribution in [0.15, 0.2) is 52.4 Å². The second-order valence-corrected chi connectivity index (χ2v) is 7.15. The number of hydrogen-bond donors (Lipinski definition) is 1. The Kier molecular flexibility index (Phi) is 3.20. The van der Waals surface area contributed by atoms with E-state index in [0.29, 0.717) is 0 Å². The zero-order valence-corrected chi connectivity index (χ0v) is 14.3. The topological polar surface area (TPSA) is 27.6 Å². The lowest BCUT2D eigenvalue weighted by Gasteiger charge is -2.30. The van der Waals surface area contributed by atoms with Crippen molar-refractivity contribution in [2.45, 2.75) is 25.7 Å². The van der Waals surface area contributed by atoms with Gasteiger partial charge in [0.1, 0.15) is 5.82 Å². The van der Waals surface area contributed by atoms with Gasteiger partial charge in [0.15, 0.2) is 0 Å². The maximum Gasteiger partial charge on any atom is 0.124 e. The SMILES string of the molecule is CN1C=C2C(=C(C3=CCCCC3)C1)NN=C1C=Cc3cc(F)cc2c31. The van der Waals surface area contributed by atoms with Crippen LogP contribution in [0.25, 0.3) is 11.6 Å². The normalized spacial score (nSPS) is 21.0. The van der Waals surface area contributed by atoms with E-state index in [1.165, 1.54) is 24.0 Å². The number of nitrogens with zero attached hydrogens (tertiary/aromatic N) is 2. The lowest BCUT2D eigenvalue weighted by Crippen LogP contribution is -2.26. The van der Waals surface area contributed by atoms with Gasteiger partial charge in [-0.05, 0) is 66.2 Å². The highest BCUT2D eigenvalue weighted by Crippen LogP contribution is 2.40. The highest BCUT2D eigenvalue weighted by atomic mass is 19.1. The first-order chi connectivity index (χ1) is 12.2. The Hall–Kier alpha value is -2.62. The van der Waals surface area contributed by atoms with E-state index in [9.17, 15) is 4.39 Å². The average molecular weight is 333 g/mol. The van der Waals surface area contributed by atoms with E-state index in [-0.39, 0.29) is 5.82 Å². The number of nitrogens with one attached hydrogen (secondary N) is 1. The summed E-state index contributed by atoms with van der Waals surface area (Å²) in [4.78, 5) is 2.19. The number of hydrogen-bond acceptors (Lipinski definition) is 3. The van der Waals surface area contributed by atoms with Crippen LogP contribution in [0.3, 0.4) is 0 Å². The Labute approximate surface area is 146 Å². The molecule has 0 spiro atoms. The fourth-order valence-electron chi connectivity index (χ4n) is 4.25. The minimum Gasteiger partial charge on any atom is -0.375 e. The molecule has 1 aromatic rings. The molecule has 0 radical (unpaired) electrons. The van der Waals surface area contributed by atoms with Crippen molar-refractivity contribution in [2.24, 2.45) is 5.10 Å². The summed E-state index contributed by atoms with van der Waals surface area (Å²) in [5.41, 5.74) is 11.8. The molecule has 0 bridgehead atoms. The van der Waals surface area contributed by atoms with Gasteiger partial charge in [-0.15, -0.1) is 0 Å². The van der Waals surface area contributed by atoms with Crippen LogP contribution in [0.5, 0.6) is 0 Å². The third-order valence-corrected chi connectivity index (χ3v) is 5.40. The standard InChI is InChI=1S/C21H20FN3/c1-25-11-17(13-5-3-2-4-6-13)21-18(12-25)16-10-15(22)9-14-7-8-19(20(14)16)23-24-21/h5,7-10,12,24H,2-4,6,11H2,1H3. The summed E-state index contributed by atoms with van der Waals surface area (Å²) in [7, 11) is 2.08. The Bertz CT molecular complexity index is 931. The fraction of sp³-hybridized carbons (Fsp3) is 0.286. The van der Waals surface area contributed by atoms with Crippen molar-refractivity contribution < 1.29 is 4.39 Å². The predicted molar refractivity (Wildman–Crippen MR) is 99.3 cm³/mol. The molecule has 1 aromatic carbocycles. The van der Waals surface area contributed by atoms with E-state index < -0.39 is 0 Å². The number of halogens is 1. The van der Waals surface area contributed by atoms with Gasteiger partial charge in [-0.3, -0.25) is 5.43 Å². The monoisotopic (exact) mass is 333 g/mol. The first kappa shape index (κ1) is 14.7. The minimum absolute atomic E-state index is 0.201. The maximum absolute atomic E-state index is 14.2. The average Bonchev–Trinajstić information content (AvgIpc) is 2.95. The lowest BCUT2D eigenvalue weighted by atomic mass is 9.86. The molecule has 4 heteroatoms. The van der Waals surface area contributed by atoms with Crippen LogP contribution in [-0.2, 0) is 0 Å². The number of likely N-dealkylation sites (N-methyl/N-ethyl adjacent to an activating group) is 1. The zero-order chi connectivity index (χ0) is 17.0. The lowest BCUT2D eigenvalue weighted by molar-refractivity contribution is 0.486. The van der Waals surface area contributed by atoms with E-state index in [2.05, 4.69) is 34.8 Å². The van der Waals surface area contributed by atoms with Crippen molar-refractivity contribution in [1.82, 2.24) is 10.3 Å². The van der Waals surface area contributed by atoms with Crippen LogP contribution in [0.1, 0.15) is 42.4 Å². The molecule has 0 amide bonds. The number of fused-ring (bicyclic) bond motifs is 2. The molecule has 2 heterocycles. The van der Waals surface area contributed by atoms with Crippen molar-refractivity contribution in [3.63, 3.8) is 0 Å². The molecule has 0 saturated heterocycles. The number of hydrazone groups is 1. The predicted octanol–water partition coefficient (Wildman–Crippen LogP) is 4.20. The Morgan fingerprint density at radius 1 is 1.20 bits per heavy atom. The smallest absolute Gasteiger partial charge is 0.124 e. The Morgan fingerprint density at radius 2 is 2.12 bits per heavy atom. The first-order valence-electron chi connectivity index (χ1n) is 8.92. The Morgan fingerprint density at radius 3 is 2.96 bits per heavy atom. The van der Waals surface area contributed by atoms with Crippen molar-refractivity contribution in [1.29, 1.82) is 0 Å². The molecule has 0 aromatic heterocycles. The van der Waals surface area contributed by atoms with Crippen molar-refractivity contribution in [3.8, 4) is 0 Å². The van der Waals surface area contributed by atoms with Gasteiger partial charge in [0.2, 0.25) is 0 Å². The molecular weight excluding hydrogens is 313 g/mol. The number of benzene rings is 1. The molecular formula is C21H20FN3. The van der Waals surface area contributed by atoms with Crippen LogP contribution in [0, 0.1) is 5.82 Å². The zero-order valence-electron chi connectivity index (χ0n) is 14.3. The van der Waals surface area contributed by atoms with Gasteiger partial charge in [0.25, 0.3) is 0 Å². The van der Waals surface area contributed by atoms with Crippen LogP contribution >= 0.6 is 0 Å². The van der Waals surface area contributed by atoms with Crippen LogP contribution < -0.4 is 5.43 Å². The Balaban J connectivity index is 1.75. The molecule has 5 rings (SSSR count). The molecule has 1 N–H and O–H groups in total. The highest BCUT2D eigenvalue weighted by Gasteiger charge is 2.30. The van der Waals surface area contributed by atoms with Crippen molar-refractivity contribution in [3.05, 3.63) is 69.8 Å². The van der Waals surface area contributed by atoms with Gasteiger partial charge in [0.05, 0.1) is 11.4 Å². The third-order valence-electron chi connectivity index (χ3n) is 5.40. The van der Waals surface area contributed by atoms with E-state index in [1.807, 2.05) is 12.2 Å². The summed E-state index contributed by atoms with van der Waals surface area (Å²) >= 11 is 0. The summed E-state index contributed by atoms with van der Waals surface area (Å²) in [5.74, 6) is -0.201. The molecule has 126 valence electrons. The second-order valence-electron chi connectivity index (χ2n) is 7.15. The van der Waals surface area contributed by atoms with Crippen LogP contribution in [0.2, 0.25) is 0 Å². The summed E-state index contributed by atoms with van der Waals surface area (Å²) in [6.07, 6.45) is 13.1. The molecule has 0 fully saturated rings. The van der Waals surface area contributed by atoms with E-state index in [1.54, 1.807) is 12.1 Å².